The zero-order valence-electron chi connectivity index (χ0n) is 13.2. The van der Waals surface area contributed by atoms with E-state index in [0.29, 0.717) is 0 Å². The van der Waals surface area contributed by atoms with Gasteiger partial charge in [-0.05, 0) is 97.9 Å². The van der Waals surface area contributed by atoms with Gasteiger partial charge in [-0.15, -0.1) is 0 Å². The quantitative estimate of drug-likeness (QED) is 0.510. The van der Waals surface area contributed by atoms with Gasteiger partial charge < -0.3 is 9.94 Å². The maximum absolute atomic E-state index is 9.52. The van der Waals surface area contributed by atoms with Crippen LogP contribution in [0.4, 0.5) is 0 Å². The van der Waals surface area contributed by atoms with Crippen molar-refractivity contribution >= 4 is 5.71 Å². The fourth-order valence-electron chi connectivity index (χ4n) is 5.59. The third-order valence-corrected chi connectivity index (χ3v) is 6.39. The molecule has 1 aromatic rings. The van der Waals surface area contributed by atoms with Gasteiger partial charge in [0.05, 0.1) is 12.8 Å². The molecule has 0 radical (unpaired) electrons. The molecule has 5 rings (SSSR count). The number of benzene rings is 1. The second-order valence-electron chi connectivity index (χ2n) is 7.57. The van der Waals surface area contributed by atoms with Crippen molar-refractivity contribution in [2.24, 2.45) is 34.7 Å². The zero-order chi connectivity index (χ0) is 15.1. The topological polar surface area (TPSA) is 41.8 Å². The predicted molar refractivity (Wildman–Crippen MR) is 86.5 cm³/mol. The number of hydrogen-bond acceptors (Lipinski definition) is 3. The van der Waals surface area contributed by atoms with Crippen LogP contribution in [0.15, 0.2) is 29.4 Å². The minimum absolute atomic E-state index is 0.723. The van der Waals surface area contributed by atoms with E-state index in [0.717, 1.165) is 53.0 Å². The van der Waals surface area contributed by atoms with Crippen molar-refractivity contribution in [3.8, 4) is 5.75 Å². The maximum Gasteiger partial charge on any atom is 0.118 e. The number of ether oxygens (including phenoxy) is 1. The molecule has 4 saturated carbocycles. The molecule has 0 atom stereocenters. The monoisotopic (exact) mass is 299 g/mol. The summed E-state index contributed by atoms with van der Waals surface area (Å²) in [6.45, 7) is 0. The van der Waals surface area contributed by atoms with Crippen LogP contribution in [-0.4, -0.2) is 18.0 Å². The van der Waals surface area contributed by atoms with E-state index in [1.54, 1.807) is 7.11 Å². The average Bonchev–Trinajstić information content (AvgIpc) is 2.54. The molecule has 4 aliphatic carbocycles. The van der Waals surface area contributed by atoms with Crippen molar-refractivity contribution < 1.29 is 9.94 Å². The van der Waals surface area contributed by atoms with Crippen LogP contribution in [0.1, 0.15) is 44.1 Å². The van der Waals surface area contributed by atoms with Crippen molar-refractivity contribution in [1.82, 2.24) is 0 Å². The average molecular weight is 299 g/mol. The molecule has 3 nitrogen and oxygen atoms in total. The Balaban J connectivity index is 1.51. The first-order valence-electron chi connectivity index (χ1n) is 8.62. The highest BCUT2D eigenvalue weighted by atomic mass is 16.5. The molecule has 0 aromatic heterocycles. The molecule has 0 heterocycles. The SMILES string of the molecule is COc1ccc(/C(CC2C3CC4CC(C3)CC2C4)=N/O)cc1. The maximum atomic E-state index is 9.52. The molecule has 4 fully saturated rings. The van der Waals surface area contributed by atoms with Crippen LogP contribution in [-0.2, 0) is 0 Å². The van der Waals surface area contributed by atoms with Crippen LogP contribution in [0.5, 0.6) is 5.75 Å². The summed E-state index contributed by atoms with van der Waals surface area (Å²) in [6.07, 6.45) is 8.08. The standard InChI is InChI=1S/C19H25NO2/c1-22-17-4-2-14(3-5-17)19(20-21)11-18-15-7-12-6-13(9-15)10-16(18)8-12/h2-5,12-13,15-16,18,21H,6-11H2,1H3/b20-19+. The van der Waals surface area contributed by atoms with Gasteiger partial charge in [-0.2, -0.15) is 0 Å². The Kier molecular flexibility index (Phi) is 3.59. The van der Waals surface area contributed by atoms with E-state index in [2.05, 4.69) is 5.16 Å². The summed E-state index contributed by atoms with van der Waals surface area (Å²) in [5.41, 5.74) is 1.87. The molecule has 0 aliphatic heterocycles. The number of rotatable bonds is 4. The normalized spacial score (nSPS) is 36.6. The molecular weight excluding hydrogens is 274 g/mol. The lowest BCUT2D eigenvalue weighted by Crippen LogP contribution is -2.45. The number of nitrogens with zero attached hydrogens (tertiary/aromatic N) is 1. The van der Waals surface area contributed by atoms with E-state index in [-0.39, 0.29) is 0 Å². The van der Waals surface area contributed by atoms with E-state index in [4.69, 9.17) is 4.74 Å². The second kappa shape index (κ2) is 5.60. The molecule has 4 bridgehead atoms. The van der Waals surface area contributed by atoms with Gasteiger partial charge in [-0.1, -0.05) is 5.16 Å². The number of hydrogen-bond donors (Lipinski definition) is 1. The molecule has 118 valence electrons. The van der Waals surface area contributed by atoms with Crippen molar-refractivity contribution in [3.63, 3.8) is 0 Å². The minimum atomic E-state index is 0.723. The Morgan fingerprint density at radius 2 is 1.64 bits per heavy atom. The Bertz CT molecular complexity index is 535. The highest BCUT2D eigenvalue weighted by Crippen LogP contribution is 2.57. The van der Waals surface area contributed by atoms with Gasteiger partial charge in [0.15, 0.2) is 0 Å². The predicted octanol–water partition coefficient (Wildman–Crippen LogP) is 4.34. The first-order chi connectivity index (χ1) is 10.8. The largest absolute Gasteiger partial charge is 0.497 e. The summed E-state index contributed by atoms with van der Waals surface area (Å²) in [4.78, 5) is 0. The van der Waals surface area contributed by atoms with E-state index in [1.165, 1.54) is 32.1 Å². The van der Waals surface area contributed by atoms with Gasteiger partial charge in [0.25, 0.3) is 0 Å². The van der Waals surface area contributed by atoms with Crippen LogP contribution in [0.3, 0.4) is 0 Å². The Labute approximate surface area is 132 Å². The Morgan fingerprint density at radius 1 is 1.05 bits per heavy atom. The smallest absolute Gasteiger partial charge is 0.118 e. The molecule has 22 heavy (non-hydrogen) atoms. The molecule has 0 unspecified atom stereocenters. The van der Waals surface area contributed by atoms with Crippen LogP contribution < -0.4 is 4.74 Å². The first kappa shape index (κ1) is 14.1. The summed E-state index contributed by atoms with van der Waals surface area (Å²) in [5.74, 6) is 5.29. The van der Waals surface area contributed by atoms with Gasteiger partial charge in [-0.25, -0.2) is 0 Å². The summed E-state index contributed by atoms with van der Waals surface area (Å²) < 4.78 is 5.21. The van der Waals surface area contributed by atoms with Crippen LogP contribution in [0.25, 0.3) is 0 Å². The van der Waals surface area contributed by atoms with Crippen LogP contribution in [0.2, 0.25) is 0 Å². The van der Waals surface area contributed by atoms with E-state index < -0.39 is 0 Å². The lowest BCUT2D eigenvalue weighted by atomic mass is 9.51. The highest BCUT2D eigenvalue weighted by Gasteiger charge is 2.48. The molecule has 0 amide bonds. The molecule has 4 aliphatic rings. The van der Waals surface area contributed by atoms with E-state index >= 15 is 0 Å². The number of methoxy groups -OCH3 is 1. The van der Waals surface area contributed by atoms with Crippen molar-refractivity contribution in [2.75, 3.05) is 7.11 Å². The lowest BCUT2D eigenvalue weighted by molar-refractivity contribution is -0.0332. The Morgan fingerprint density at radius 3 is 2.14 bits per heavy atom. The van der Waals surface area contributed by atoms with Crippen molar-refractivity contribution in [1.29, 1.82) is 0 Å². The van der Waals surface area contributed by atoms with Crippen molar-refractivity contribution in [2.45, 2.75) is 38.5 Å². The summed E-state index contributed by atoms with van der Waals surface area (Å²) in [5, 5.41) is 13.2. The van der Waals surface area contributed by atoms with Crippen LogP contribution >= 0.6 is 0 Å². The second-order valence-corrected chi connectivity index (χ2v) is 7.57. The summed E-state index contributed by atoms with van der Waals surface area (Å²) >= 11 is 0. The van der Waals surface area contributed by atoms with Gasteiger partial charge in [-0.3, -0.25) is 0 Å². The van der Waals surface area contributed by atoms with E-state index in [9.17, 15) is 5.21 Å². The molecular formula is C19H25NO2. The first-order valence-corrected chi connectivity index (χ1v) is 8.62. The van der Waals surface area contributed by atoms with Gasteiger partial charge in [0.2, 0.25) is 0 Å². The molecule has 3 heteroatoms. The zero-order valence-corrected chi connectivity index (χ0v) is 13.2. The van der Waals surface area contributed by atoms with Crippen molar-refractivity contribution in [3.05, 3.63) is 29.8 Å². The fourth-order valence-corrected chi connectivity index (χ4v) is 5.59. The lowest BCUT2D eigenvalue weighted by Gasteiger charge is -2.54. The summed E-state index contributed by atoms with van der Waals surface area (Å²) in [6, 6.07) is 7.89. The number of oxime groups is 1. The molecule has 1 N–H and O–H groups in total. The third kappa shape index (κ3) is 2.41. The third-order valence-electron chi connectivity index (χ3n) is 6.39. The van der Waals surface area contributed by atoms with Gasteiger partial charge in [0, 0.05) is 0 Å². The Hall–Kier alpha value is -1.51. The minimum Gasteiger partial charge on any atom is -0.497 e. The fraction of sp³-hybridized carbons (Fsp3) is 0.632. The van der Waals surface area contributed by atoms with Crippen LogP contribution in [0, 0.1) is 29.6 Å². The molecule has 0 spiro atoms. The van der Waals surface area contributed by atoms with Gasteiger partial charge >= 0.3 is 0 Å². The molecule has 1 aromatic carbocycles. The highest BCUT2D eigenvalue weighted by molar-refractivity contribution is 6.00. The van der Waals surface area contributed by atoms with E-state index in [1.807, 2.05) is 24.3 Å². The summed E-state index contributed by atoms with van der Waals surface area (Å²) in [7, 11) is 1.67. The molecule has 0 saturated heterocycles. The van der Waals surface area contributed by atoms with Gasteiger partial charge in [0.1, 0.15) is 5.75 Å².